The van der Waals surface area contributed by atoms with Gasteiger partial charge in [-0.15, -0.1) is 0 Å². The second kappa shape index (κ2) is 3.23. The van der Waals surface area contributed by atoms with Gasteiger partial charge in [-0.1, -0.05) is 0 Å². The van der Waals surface area contributed by atoms with Crippen LogP contribution in [0.1, 0.15) is 16.2 Å². The van der Waals surface area contributed by atoms with E-state index >= 15 is 0 Å². The molecule has 0 atom stereocenters. The third kappa shape index (κ3) is 1.50. The van der Waals surface area contributed by atoms with Gasteiger partial charge in [0, 0.05) is 12.7 Å². The van der Waals surface area contributed by atoms with Crippen LogP contribution in [0.4, 0.5) is 0 Å². The van der Waals surface area contributed by atoms with Gasteiger partial charge in [-0.25, -0.2) is 9.78 Å². The quantitative estimate of drug-likeness (QED) is 0.796. The van der Waals surface area contributed by atoms with Crippen LogP contribution >= 0.6 is 0 Å². The molecule has 0 bridgehead atoms. The number of hydrogen-bond acceptors (Lipinski definition) is 4. The van der Waals surface area contributed by atoms with Crippen LogP contribution in [0.3, 0.4) is 0 Å². The Morgan fingerprint density at radius 3 is 2.73 bits per heavy atom. The first-order valence-corrected chi connectivity index (χ1v) is 4.27. The highest BCUT2D eigenvalue weighted by atomic mass is 16.4. The van der Waals surface area contributed by atoms with Gasteiger partial charge in [0.15, 0.2) is 0 Å². The predicted octanol–water partition coefficient (Wildman–Crippen LogP) is 1.08. The van der Waals surface area contributed by atoms with Gasteiger partial charge in [-0.2, -0.15) is 5.10 Å². The molecule has 2 rings (SSSR count). The number of rotatable bonds is 2. The van der Waals surface area contributed by atoms with Crippen molar-refractivity contribution < 1.29 is 14.3 Å². The smallest absolute Gasteiger partial charge is 0.373 e. The highest BCUT2D eigenvalue weighted by molar-refractivity contribution is 5.84. The van der Waals surface area contributed by atoms with Gasteiger partial charge in [-0.05, 0) is 6.92 Å². The number of carbonyl (C=O) groups is 1. The molecule has 0 aliphatic rings. The van der Waals surface area contributed by atoms with E-state index in [0.29, 0.717) is 5.56 Å². The molecule has 0 aliphatic carbocycles. The molecule has 6 nitrogen and oxygen atoms in total. The molecule has 6 heteroatoms. The third-order valence-corrected chi connectivity index (χ3v) is 2.18. The van der Waals surface area contributed by atoms with Gasteiger partial charge in [0.25, 0.3) is 0 Å². The maximum absolute atomic E-state index is 10.6. The Hall–Kier alpha value is -2.11. The number of hydrogen-bond donors (Lipinski definition) is 1. The van der Waals surface area contributed by atoms with Crippen molar-refractivity contribution in [1.29, 1.82) is 0 Å². The molecule has 15 heavy (non-hydrogen) atoms. The monoisotopic (exact) mass is 207 g/mol. The zero-order valence-electron chi connectivity index (χ0n) is 8.26. The largest absolute Gasteiger partial charge is 0.475 e. The number of oxazole rings is 1. The minimum atomic E-state index is -1.13. The first kappa shape index (κ1) is 9.45. The molecule has 0 spiro atoms. The van der Waals surface area contributed by atoms with E-state index in [0.717, 1.165) is 5.69 Å². The lowest BCUT2D eigenvalue weighted by atomic mass is 10.3. The summed E-state index contributed by atoms with van der Waals surface area (Å²) >= 11 is 0. The standard InChI is InChI=1S/C9H9N3O3/c1-5-6(3-11-12(5)2)8-10-4-7(15-8)9(13)14/h3-4H,1-2H3,(H,13,14). The topological polar surface area (TPSA) is 81.2 Å². The van der Waals surface area contributed by atoms with Crippen molar-refractivity contribution >= 4 is 5.97 Å². The molecule has 0 saturated carbocycles. The number of aryl methyl sites for hydroxylation is 1. The van der Waals surface area contributed by atoms with Crippen LogP contribution in [0.25, 0.3) is 11.5 Å². The first-order chi connectivity index (χ1) is 7.09. The summed E-state index contributed by atoms with van der Waals surface area (Å²) in [5.41, 5.74) is 1.57. The molecule has 1 N–H and O–H groups in total. The maximum atomic E-state index is 10.6. The van der Waals surface area contributed by atoms with E-state index in [4.69, 9.17) is 9.52 Å². The molecular weight excluding hydrogens is 198 g/mol. The van der Waals surface area contributed by atoms with E-state index in [1.54, 1.807) is 17.9 Å². The van der Waals surface area contributed by atoms with Crippen molar-refractivity contribution in [3.05, 3.63) is 23.8 Å². The number of aromatic nitrogens is 3. The Kier molecular flexibility index (Phi) is 2.03. The van der Waals surface area contributed by atoms with Gasteiger partial charge in [-0.3, -0.25) is 4.68 Å². The fourth-order valence-electron chi connectivity index (χ4n) is 1.21. The predicted molar refractivity (Wildman–Crippen MR) is 50.4 cm³/mol. The SMILES string of the molecule is Cc1c(-c2ncc(C(=O)O)o2)cnn1C. The normalized spacial score (nSPS) is 10.5. The van der Waals surface area contributed by atoms with Crippen LogP contribution < -0.4 is 0 Å². The average molecular weight is 207 g/mol. The summed E-state index contributed by atoms with van der Waals surface area (Å²) in [6.45, 7) is 1.85. The van der Waals surface area contributed by atoms with E-state index in [1.807, 2.05) is 6.92 Å². The lowest BCUT2D eigenvalue weighted by molar-refractivity contribution is 0.0663. The first-order valence-electron chi connectivity index (χ1n) is 4.27. The fourth-order valence-corrected chi connectivity index (χ4v) is 1.21. The van der Waals surface area contributed by atoms with Crippen LogP contribution in [0, 0.1) is 6.92 Å². The molecule has 2 aromatic rings. The van der Waals surface area contributed by atoms with Gasteiger partial charge in [0.2, 0.25) is 11.7 Å². The van der Waals surface area contributed by atoms with Crippen LogP contribution in [0.5, 0.6) is 0 Å². The van der Waals surface area contributed by atoms with Gasteiger partial charge >= 0.3 is 5.97 Å². The van der Waals surface area contributed by atoms with Crippen molar-refractivity contribution in [3.63, 3.8) is 0 Å². The Labute approximate surface area is 85.2 Å². The summed E-state index contributed by atoms with van der Waals surface area (Å²) in [5.74, 6) is -1.03. The molecule has 0 radical (unpaired) electrons. The number of carboxylic acid groups (broad SMARTS) is 1. The Morgan fingerprint density at radius 2 is 2.27 bits per heavy atom. The third-order valence-electron chi connectivity index (χ3n) is 2.18. The molecule has 78 valence electrons. The van der Waals surface area contributed by atoms with Gasteiger partial charge in [0.05, 0.1) is 18.0 Å². The summed E-state index contributed by atoms with van der Waals surface area (Å²) in [5, 5.41) is 12.7. The van der Waals surface area contributed by atoms with Crippen LogP contribution in [-0.4, -0.2) is 25.8 Å². The number of nitrogens with zero attached hydrogens (tertiary/aromatic N) is 3. The van der Waals surface area contributed by atoms with Crippen molar-refractivity contribution in [2.24, 2.45) is 7.05 Å². The van der Waals surface area contributed by atoms with E-state index in [2.05, 4.69) is 10.1 Å². The number of aromatic carboxylic acids is 1. The van der Waals surface area contributed by atoms with Crippen LogP contribution in [0.15, 0.2) is 16.8 Å². The molecule has 0 aromatic carbocycles. The minimum absolute atomic E-state index is 0.173. The Bertz CT molecular complexity index is 512. The average Bonchev–Trinajstić information content (AvgIpc) is 2.76. The van der Waals surface area contributed by atoms with Crippen molar-refractivity contribution in [2.45, 2.75) is 6.92 Å². The molecule has 0 amide bonds. The molecule has 0 fully saturated rings. The van der Waals surface area contributed by atoms with Gasteiger partial charge in [0.1, 0.15) is 0 Å². The summed E-state index contributed by atoms with van der Waals surface area (Å²) in [7, 11) is 1.79. The lowest BCUT2D eigenvalue weighted by Crippen LogP contribution is -1.92. The van der Waals surface area contributed by atoms with E-state index in [-0.39, 0.29) is 11.7 Å². The highest BCUT2D eigenvalue weighted by Gasteiger charge is 2.15. The van der Waals surface area contributed by atoms with Crippen molar-refractivity contribution in [1.82, 2.24) is 14.8 Å². The van der Waals surface area contributed by atoms with Gasteiger partial charge < -0.3 is 9.52 Å². The second-order valence-corrected chi connectivity index (χ2v) is 3.10. The molecule has 0 aliphatic heterocycles. The van der Waals surface area contributed by atoms with Crippen LogP contribution in [0.2, 0.25) is 0 Å². The zero-order valence-corrected chi connectivity index (χ0v) is 8.26. The summed E-state index contributed by atoms with van der Waals surface area (Å²) in [4.78, 5) is 14.5. The molecule has 0 unspecified atom stereocenters. The lowest BCUT2D eigenvalue weighted by Gasteiger charge is -1.94. The Balaban J connectivity index is 2.46. The van der Waals surface area contributed by atoms with Crippen molar-refractivity contribution in [2.75, 3.05) is 0 Å². The fraction of sp³-hybridized carbons (Fsp3) is 0.222. The van der Waals surface area contributed by atoms with E-state index in [9.17, 15) is 4.79 Å². The summed E-state index contributed by atoms with van der Waals surface area (Å²) < 4.78 is 6.73. The highest BCUT2D eigenvalue weighted by Crippen LogP contribution is 2.21. The molecule has 2 heterocycles. The maximum Gasteiger partial charge on any atom is 0.373 e. The molecular formula is C9H9N3O3. The van der Waals surface area contributed by atoms with E-state index in [1.165, 1.54) is 6.20 Å². The van der Waals surface area contributed by atoms with Crippen molar-refractivity contribution in [3.8, 4) is 11.5 Å². The Morgan fingerprint density at radius 1 is 1.53 bits per heavy atom. The molecule has 0 saturated heterocycles. The second-order valence-electron chi connectivity index (χ2n) is 3.10. The summed E-state index contributed by atoms with van der Waals surface area (Å²) in [6, 6.07) is 0. The van der Waals surface area contributed by atoms with E-state index < -0.39 is 5.97 Å². The van der Waals surface area contributed by atoms with Crippen LogP contribution in [-0.2, 0) is 7.05 Å². The number of carboxylic acids is 1. The minimum Gasteiger partial charge on any atom is -0.475 e. The summed E-state index contributed by atoms with van der Waals surface area (Å²) in [6.07, 6.45) is 2.77. The molecule has 2 aromatic heterocycles. The zero-order chi connectivity index (χ0) is 11.0.